The Morgan fingerprint density at radius 2 is 2.05 bits per heavy atom. The second kappa shape index (κ2) is 6.38. The number of nitrogens with one attached hydrogen (secondary N) is 2. The van der Waals surface area contributed by atoms with Crippen LogP contribution in [0.15, 0.2) is 16.5 Å². The van der Waals surface area contributed by atoms with Gasteiger partial charge in [0.25, 0.3) is 0 Å². The Morgan fingerprint density at radius 1 is 1.32 bits per heavy atom. The number of carbonyl (C=O) groups is 2. The fraction of sp³-hybridized carbons (Fsp3) is 0.538. The number of hydrogen-bond donors (Lipinski definition) is 3. The fourth-order valence-electron chi connectivity index (χ4n) is 2.20. The molecule has 3 N–H and O–H groups in total. The van der Waals surface area contributed by atoms with Crippen LogP contribution < -0.4 is 10.6 Å². The molecule has 0 saturated heterocycles. The van der Waals surface area contributed by atoms with E-state index in [4.69, 9.17) is 9.52 Å². The fourth-order valence-corrected chi connectivity index (χ4v) is 2.20. The predicted molar refractivity (Wildman–Crippen MR) is 67.8 cm³/mol. The number of carbonyl (C=O) groups excluding carboxylic acids is 1. The Bertz CT molecular complexity index is 449. The maximum atomic E-state index is 11.6. The van der Waals surface area contributed by atoms with Crippen molar-refractivity contribution in [1.82, 2.24) is 10.6 Å². The van der Waals surface area contributed by atoms with Gasteiger partial charge in [-0.25, -0.2) is 4.79 Å². The first-order valence-corrected chi connectivity index (χ1v) is 6.47. The molecule has 1 heterocycles. The summed E-state index contributed by atoms with van der Waals surface area (Å²) < 4.78 is 5.04. The van der Waals surface area contributed by atoms with Crippen molar-refractivity contribution in [1.29, 1.82) is 0 Å². The summed E-state index contributed by atoms with van der Waals surface area (Å²) in [7, 11) is 0. The topological polar surface area (TPSA) is 91.6 Å². The van der Waals surface area contributed by atoms with Gasteiger partial charge in [0.15, 0.2) is 0 Å². The van der Waals surface area contributed by atoms with Crippen LogP contribution in [0.3, 0.4) is 0 Å². The molecule has 1 amide bonds. The van der Waals surface area contributed by atoms with Crippen molar-refractivity contribution >= 4 is 11.9 Å². The molecule has 1 aromatic rings. The smallest absolute Gasteiger partial charge is 0.371 e. The van der Waals surface area contributed by atoms with Gasteiger partial charge in [0.1, 0.15) is 5.76 Å². The summed E-state index contributed by atoms with van der Waals surface area (Å²) in [5.41, 5.74) is 0. The summed E-state index contributed by atoms with van der Waals surface area (Å²) >= 11 is 0. The van der Waals surface area contributed by atoms with E-state index in [0.29, 0.717) is 11.8 Å². The lowest BCUT2D eigenvalue weighted by Crippen LogP contribution is -2.37. The zero-order valence-corrected chi connectivity index (χ0v) is 10.6. The molecule has 104 valence electrons. The van der Waals surface area contributed by atoms with Gasteiger partial charge in [0.2, 0.25) is 11.7 Å². The van der Waals surface area contributed by atoms with Gasteiger partial charge < -0.3 is 20.2 Å². The molecule has 1 aliphatic rings. The van der Waals surface area contributed by atoms with Gasteiger partial charge in [-0.2, -0.15) is 0 Å². The average molecular weight is 266 g/mol. The number of rotatable bonds is 6. The molecule has 1 aliphatic carbocycles. The Kier molecular flexibility index (Phi) is 4.57. The highest BCUT2D eigenvalue weighted by molar-refractivity contribution is 5.84. The minimum absolute atomic E-state index is 0.111. The van der Waals surface area contributed by atoms with E-state index in [-0.39, 0.29) is 24.8 Å². The van der Waals surface area contributed by atoms with Crippen molar-refractivity contribution < 1.29 is 19.1 Å². The minimum Gasteiger partial charge on any atom is -0.475 e. The zero-order valence-electron chi connectivity index (χ0n) is 10.6. The third-order valence-corrected chi connectivity index (χ3v) is 3.24. The Labute approximate surface area is 111 Å². The third kappa shape index (κ3) is 4.10. The molecule has 6 nitrogen and oxygen atoms in total. The molecule has 0 unspecified atom stereocenters. The van der Waals surface area contributed by atoms with Gasteiger partial charge in [-0.15, -0.1) is 0 Å². The molecule has 0 atom stereocenters. The van der Waals surface area contributed by atoms with Crippen molar-refractivity contribution in [3.8, 4) is 0 Å². The third-order valence-electron chi connectivity index (χ3n) is 3.24. The van der Waals surface area contributed by atoms with E-state index >= 15 is 0 Å². The zero-order chi connectivity index (χ0) is 13.7. The number of aromatic carboxylic acids is 1. The van der Waals surface area contributed by atoms with E-state index in [1.54, 1.807) is 6.07 Å². The van der Waals surface area contributed by atoms with E-state index in [9.17, 15) is 9.59 Å². The van der Waals surface area contributed by atoms with E-state index in [0.717, 1.165) is 12.8 Å². The molecule has 1 saturated carbocycles. The summed E-state index contributed by atoms with van der Waals surface area (Å²) in [5, 5.41) is 14.6. The number of furan rings is 1. The van der Waals surface area contributed by atoms with Crippen molar-refractivity contribution in [3.05, 3.63) is 23.7 Å². The monoisotopic (exact) mass is 266 g/mol. The maximum absolute atomic E-state index is 11.6. The van der Waals surface area contributed by atoms with Gasteiger partial charge in [-0.1, -0.05) is 12.8 Å². The number of carboxylic acids is 1. The van der Waals surface area contributed by atoms with Crippen LogP contribution in [-0.4, -0.2) is 29.6 Å². The summed E-state index contributed by atoms with van der Waals surface area (Å²) in [5.74, 6) is -0.902. The SMILES string of the molecule is O=C(CNC1CCCC1)NCc1ccc(C(=O)O)o1. The number of amides is 1. The second-order valence-electron chi connectivity index (χ2n) is 4.71. The van der Waals surface area contributed by atoms with E-state index in [2.05, 4.69) is 10.6 Å². The average Bonchev–Trinajstić information content (AvgIpc) is 3.05. The van der Waals surface area contributed by atoms with Crippen LogP contribution in [0, 0.1) is 0 Å². The molecule has 2 rings (SSSR count). The first-order valence-electron chi connectivity index (χ1n) is 6.47. The minimum atomic E-state index is -1.11. The van der Waals surface area contributed by atoms with Crippen LogP contribution in [0.25, 0.3) is 0 Å². The van der Waals surface area contributed by atoms with Crippen LogP contribution in [0.4, 0.5) is 0 Å². The van der Waals surface area contributed by atoms with Crippen LogP contribution in [0.2, 0.25) is 0 Å². The lowest BCUT2D eigenvalue weighted by atomic mass is 10.2. The van der Waals surface area contributed by atoms with Crippen LogP contribution in [-0.2, 0) is 11.3 Å². The normalized spacial score (nSPS) is 15.6. The van der Waals surface area contributed by atoms with Crippen molar-refractivity contribution in [3.63, 3.8) is 0 Å². The largest absolute Gasteiger partial charge is 0.475 e. The molecule has 1 aromatic heterocycles. The van der Waals surface area contributed by atoms with Gasteiger partial charge in [0.05, 0.1) is 13.1 Å². The predicted octanol–water partition coefficient (Wildman–Crippen LogP) is 1.13. The molecule has 0 radical (unpaired) electrons. The number of hydrogen-bond acceptors (Lipinski definition) is 4. The van der Waals surface area contributed by atoms with Gasteiger partial charge in [-0.3, -0.25) is 4.79 Å². The molecule has 19 heavy (non-hydrogen) atoms. The standard InChI is InChI=1S/C13H18N2O4/c16-12(8-14-9-3-1-2-4-9)15-7-10-5-6-11(19-10)13(17)18/h5-6,9,14H,1-4,7-8H2,(H,15,16)(H,17,18). The molecule has 0 spiro atoms. The van der Waals surface area contributed by atoms with Gasteiger partial charge in [-0.05, 0) is 25.0 Å². The maximum Gasteiger partial charge on any atom is 0.371 e. The highest BCUT2D eigenvalue weighted by Crippen LogP contribution is 2.17. The first kappa shape index (κ1) is 13.6. The Balaban J connectivity index is 1.68. The molecular weight excluding hydrogens is 248 g/mol. The van der Waals surface area contributed by atoms with Gasteiger partial charge >= 0.3 is 5.97 Å². The molecular formula is C13H18N2O4. The summed E-state index contributed by atoms with van der Waals surface area (Å²) in [6.45, 7) is 0.496. The molecule has 1 fully saturated rings. The lowest BCUT2D eigenvalue weighted by molar-refractivity contribution is -0.120. The molecule has 0 bridgehead atoms. The van der Waals surface area contributed by atoms with Crippen LogP contribution in [0.5, 0.6) is 0 Å². The van der Waals surface area contributed by atoms with Crippen LogP contribution in [0.1, 0.15) is 42.0 Å². The Hall–Kier alpha value is -1.82. The van der Waals surface area contributed by atoms with Crippen molar-refractivity contribution in [2.75, 3.05) is 6.54 Å². The van der Waals surface area contributed by atoms with Gasteiger partial charge in [0, 0.05) is 6.04 Å². The Morgan fingerprint density at radius 3 is 2.68 bits per heavy atom. The molecule has 0 aromatic carbocycles. The number of carboxylic acid groups (broad SMARTS) is 1. The highest BCUT2D eigenvalue weighted by atomic mass is 16.4. The summed E-state index contributed by atoms with van der Waals surface area (Å²) in [4.78, 5) is 22.2. The van der Waals surface area contributed by atoms with Crippen molar-refractivity contribution in [2.24, 2.45) is 0 Å². The second-order valence-corrected chi connectivity index (χ2v) is 4.71. The summed E-state index contributed by atoms with van der Waals surface area (Å²) in [6.07, 6.45) is 4.72. The molecule has 6 heteroatoms. The summed E-state index contributed by atoms with van der Waals surface area (Å²) in [6, 6.07) is 3.38. The van der Waals surface area contributed by atoms with Crippen LogP contribution >= 0.6 is 0 Å². The lowest BCUT2D eigenvalue weighted by Gasteiger charge is -2.11. The molecule has 0 aliphatic heterocycles. The first-order chi connectivity index (χ1) is 9.15. The highest BCUT2D eigenvalue weighted by Gasteiger charge is 2.15. The van der Waals surface area contributed by atoms with E-state index < -0.39 is 5.97 Å². The van der Waals surface area contributed by atoms with E-state index in [1.165, 1.54) is 18.9 Å². The van der Waals surface area contributed by atoms with Crippen molar-refractivity contribution in [2.45, 2.75) is 38.3 Å². The quantitative estimate of drug-likeness (QED) is 0.717. The van der Waals surface area contributed by atoms with E-state index in [1.807, 2.05) is 0 Å².